The maximum absolute atomic E-state index is 13.8. The molecule has 3 amide bonds. The molecule has 0 radical (unpaired) electrons. The quantitative estimate of drug-likeness (QED) is 0.202. The number of hydrogen-bond donors (Lipinski definition) is 3. The van der Waals surface area contributed by atoms with Crippen LogP contribution in [0.1, 0.15) is 71.1 Å². The highest BCUT2D eigenvalue weighted by Gasteiger charge is 2.33. The van der Waals surface area contributed by atoms with Crippen molar-refractivity contribution in [3.63, 3.8) is 0 Å². The lowest BCUT2D eigenvalue weighted by atomic mass is 9.98. The van der Waals surface area contributed by atoms with Gasteiger partial charge in [0.1, 0.15) is 30.3 Å². The minimum atomic E-state index is -1.03. The number of esters is 1. The van der Waals surface area contributed by atoms with Gasteiger partial charge in [-0.2, -0.15) is 11.8 Å². The lowest BCUT2D eigenvalue weighted by Gasteiger charge is -2.27. The molecule has 9 nitrogen and oxygen atoms in total. The zero-order valence-corrected chi connectivity index (χ0v) is 29.6. The van der Waals surface area contributed by atoms with Gasteiger partial charge in [-0.05, 0) is 55.5 Å². The van der Waals surface area contributed by atoms with Crippen molar-refractivity contribution in [3.8, 4) is 11.1 Å². The zero-order chi connectivity index (χ0) is 35.1. The molecule has 3 atom stereocenters. The second-order valence-electron chi connectivity index (χ2n) is 14.0. The van der Waals surface area contributed by atoms with E-state index in [1.165, 1.54) is 18.7 Å². The molecular weight excluding hydrogens is 627 g/mol. The third kappa shape index (κ3) is 10.3. The highest BCUT2D eigenvalue weighted by Crippen LogP contribution is 2.44. The highest BCUT2D eigenvalue weighted by atomic mass is 32.2. The van der Waals surface area contributed by atoms with Crippen LogP contribution < -0.4 is 16.0 Å². The van der Waals surface area contributed by atoms with Gasteiger partial charge in [0.25, 0.3) is 0 Å². The standard InChI is InChI=1S/C38H47N3O6S/c1-24(35(44)47-37(2,3)4)39-33(42)31(21-25-15-9-8-10-16-25)40-34(43)32(23-48-38(5,6)7)41-36(45)46-22-30-28-19-13-11-17-26(28)27-18-12-14-20-29(27)30/h8-20,24,30-32H,21-23H2,1-7H3,(H,39,42)(H,40,43)(H,41,45)/t24-,31-,32-/m0/s1. The monoisotopic (exact) mass is 673 g/mol. The van der Waals surface area contributed by atoms with Crippen LogP contribution in [0.15, 0.2) is 78.9 Å². The minimum Gasteiger partial charge on any atom is -0.458 e. The summed E-state index contributed by atoms with van der Waals surface area (Å²) < 4.78 is 11.0. The molecule has 10 heteroatoms. The molecule has 0 heterocycles. The van der Waals surface area contributed by atoms with Crippen LogP contribution in [0.3, 0.4) is 0 Å². The van der Waals surface area contributed by atoms with Crippen LogP contribution in [0.5, 0.6) is 0 Å². The van der Waals surface area contributed by atoms with Crippen LogP contribution in [0.4, 0.5) is 4.79 Å². The molecule has 3 N–H and O–H groups in total. The molecule has 0 saturated carbocycles. The summed E-state index contributed by atoms with van der Waals surface area (Å²) in [4.78, 5) is 53.2. The van der Waals surface area contributed by atoms with Gasteiger partial charge in [-0.15, -0.1) is 0 Å². The van der Waals surface area contributed by atoms with E-state index in [1.54, 1.807) is 20.8 Å². The summed E-state index contributed by atoms with van der Waals surface area (Å²) in [5.41, 5.74) is 4.48. The fourth-order valence-electron chi connectivity index (χ4n) is 5.39. The molecule has 0 spiro atoms. The number of carbonyl (C=O) groups excluding carboxylic acids is 4. The Hall–Kier alpha value is -4.31. The second kappa shape index (κ2) is 15.7. The van der Waals surface area contributed by atoms with E-state index in [1.807, 2.05) is 87.5 Å². The first-order chi connectivity index (χ1) is 22.6. The maximum atomic E-state index is 13.8. The Balaban J connectivity index is 1.48. The van der Waals surface area contributed by atoms with Gasteiger partial charge in [0.15, 0.2) is 0 Å². The number of fused-ring (bicyclic) bond motifs is 3. The molecule has 3 aromatic carbocycles. The summed E-state index contributed by atoms with van der Waals surface area (Å²) in [5.74, 6) is -1.56. The number of hydrogen-bond acceptors (Lipinski definition) is 7. The van der Waals surface area contributed by atoms with Gasteiger partial charge >= 0.3 is 12.1 Å². The van der Waals surface area contributed by atoms with E-state index in [0.717, 1.165) is 27.8 Å². The summed E-state index contributed by atoms with van der Waals surface area (Å²) in [6, 6.07) is 22.4. The first kappa shape index (κ1) is 36.5. The van der Waals surface area contributed by atoms with Crippen molar-refractivity contribution in [1.29, 1.82) is 0 Å². The molecule has 256 valence electrons. The lowest BCUT2D eigenvalue weighted by Crippen LogP contribution is -2.57. The molecule has 3 aromatic rings. The molecule has 4 rings (SSSR count). The van der Waals surface area contributed by atoms with Crippen molar-refractivity contribution >= 4 is 35.6 Å². The number of nitrogens with one attached hydrogen (secondary N) is 3. The molecule has 1 aliphatic carbocycles. The van der Waals surface area contributed by atoms with Crippen LogP contribution in [0, 0.1) is 0 Å². The van der Waals surface area contributed by atoms with Crippen molar-refractivity contribution in [2.75, 3.05) is 12.4 Å². The number of benzene rings is 3. The number of rotatable bonds is 12. The van der Waals surface area contributed by atoms with Crippen LogP contribution >= 0.6 is 11.8 Å². The van der Waals surface area contributed by atoms with Crippen LogP contribution in [-0.2, 0) is 30.3 Å². The first-order valence-corrected chi connectivity index (χ1v) is 17.2. The first-order valence-electron chi connectivity index (χ1n) is 16.2. The van der Waals surface area contributed by atoms with E-state index in [-0.39, 0.29) is 29.4 Å². The topological polar surface area (TPSA) is 123 Å². The second-order valence-corrected chi connectivity index (χ2v) is 15.8. The van der Waals surface area contributed by atoms with E-state index in [2.05, 4.69) is 28.1 Å². The third-order valence-corrected chi connectivity index (χ3v) is 9.04. The van der Waals surface area contributed by atoms with Crippen molar-refractivity contribution < 1.29 is 28.7 Å². The van der Waals surface area contributed by atoms with E-state index in [4.69, 9.17) is 9.47 Å². The minimum absolute atomic E-state index is 0.0994. The largest absolute Gasteiger partial charge is 0.458 e. The van der Waals surface area contributed by atoms with Gasteiger partial charge < -0.3 is 25.4 Å². The van der Waals surface area contributed by atoms with E-state index < -0.39 is 47.6 Å². The lowest BCUT2D eigenvalue weighted by molar-refractivity contribution is -0.158. The summed E-state index contributed by atoms with van der Waals surface area (Å²) >= 11 is 1.50. The fourth-order valence-corrected chi connectivity index (χ4v) is 6.29. The van der Waals surface area contributed by atoms with E-state index in [9.17, 15) is 19.2 Å². The SMILES string of the molecule is C[C@H](NC(=O)[C@H](Cc1ccccc1)NC(=O)[C@H](CSC(C)(C)C)NC(=O)OCC1c2ccccc2-c2ccccc21)C(=O)OC(C)(C)C. The number of carbonyl (C=O) groups is 4. The zero-order valence-electron chi connectivity index (χ0n) is 28.8. The van der Waals surface area contributed by atoms with Crippen LogP contribution in [-0.4, -0.2) is 64.7 Å². The Morgan fingerprint density at radius 2 is 1.27 bits per heavy atom. The van der Waals surface area contributed by atoms with Crippen LogP contribution in [0.25, 0.3) is 11.1 Å². The molecule has 0 bridgehead atoms. The molecule has 0 unspecified atom stereocenters. The van der Waals surface area contributed by atoms with Crippen molar-refractivity contribution in [2.24, 2.45) is 0 Å². The molecule has 1 aliphatic rings. The van der Waals surface area contributed by atoms with Gasteiger partial charge in [-0.3, -0.25) is 9.59 Å². The molecular formula is C38H47N3O6S. The Bertz CT molecular complexity index is 1550. The average Bonchev–Trinajstić information content (AvgIpc) is 3.34. The van der Waals surface area contributed by atoms with Crippen molar-refractivity contribution in [2.45, 2.75) is 89.3 Å². The van der Waals surface area contributed by atoms with Gasteiger partial charge in [0.2, 0.25) is 11.8 Å². The molecule has 0 saturated heterocycles. The third-order valence-electron chi connectivity index (χ3n) is 7.67. The summed E-state index contributed by atoms with van der Waals surface area (Å²) in [7, 11) is 0. The number of amides is 3. The number of thioether (sulfide) groups is 1. The smallest absolute Gasteiger partial charge is 0.407 e. The van der Waals surface area contributed by atoms with Crippen LogP contribution in [0.2, 0.25) is 0 Å². The molecule has 0 fully saturated rings. The molecule has 48 heavy (non-hydrogen) atoms. The molecule has 0 aliphatic heterocycles. The van der Waals surface area contributed by atoms with Gasteiger partial charge in [-0.1, -0.05) is 99.6 Å². The Kier molecular flexibility index (Phi) is 12.0. The molecule has 0 aromatic heterocycles. The number of ether oxygens (including phenoxy) is 2. The Morgan fingerprint density at radius 1 is 0.729 bits per heavy atom. The summed E-state index contributed by atoms with van der Waals surface area (Å²) in [5, 5.41) is 8.28. The normalized spacial score (nSPS) is 14.5. The number of alkyl carbamates (subject to hydrolysis) is 1. The summed E-state index contributed by atoms with van der Waals surface area (Å²) in [6.07, 6.45) is -0.557. The maximum Gasteiger partial charge on any atom is 0.407 e. The van der Waals surface area contributed by atoms with E-state index >= 15 is 0 Å². The van der Waals surface area contributed by atoms with Gasteiger partial charge in [0, 0.05) is 22.8 Å². The van der Waals surface area contributed by atoms with Crippen molar-refractivity contribution in [3.05, 3.63) is 95.6 Å². The highest BCUT2D eigenvalue weighted by molar-refractivity contribution is 8.00. The fraction of sp³-hybridized carbons (Fsp3) is 0.421. The Labute approximate surface area is 287 Å². The predicted octanol–water partition coefficient (Wildman–Crippen LogP) is 6.00. The van der Waals surface area contributed by atoms with Crippen molar-refractivity contribution in [1.82, 2.24) is 16.0 Å². The van der Waals surface area contributed by atoms with Gasteiger partial charge in [0.05, 0.1) is 0 Å². The van der Waals surface area contributed by atoms with Gasteiger partial charge in [-0.25, -0.2) is 9.59 Å². The Morgan fingerprint density at radius 3 is 1.83 bits per heavy atom. The average molecular weight is 674 g/mol. The summed E-state index contributed by atoms with van der Waals surface area (Å²) in [6.45, 7) is 12.9. The van der Waals surface area contributed by atoms with E-state index in [0.29, 0.717) is 0 Å². The predicted molar refractivity (Wildman–Crippen MR) is 190 cm³/mol.